The number of hydrogen-bond acceptors (Lipinski definition) is 9. The van der Waals surface area contributed by atoms with E-state index in [2.05, 4.69) is 30.4 Å². The smallest absolute Gasteiger partial charge is 0.251 e. The number of aromatic nitrogens is 5. The molecule has 0 spiro atoms. The molecule has 196 valence electrons. The molecule has 0 saturated carbocycles. The fraction of sp³-hybridized carbons (Fsp3) is 0.0345. The Bertz CT molecular complexity index is 1850. The van der Waals surface area contributed by atoms with Gasteiger partial charge in [-0.05, 0) is 60.2 Å². The van der Waals surface area contributed by atoms with Crippen molar-refractivity contribution < 1.29 is 19.2 Å². The first kappa shape index (κ1) is 24.5. The zero-order chi connectivity index (χ0) is 27.5. The summed E-state index contributed by atoms with van der Waals surface area (Å²) in [6.45, 7) is 0.156. The van der Waals surface area contributed by atoms with Crippen molar-refractivity contribution in [2.45, 2.75) is 6.54 Å². The van der Waals surface area contributed by atoms with Crippen molar-refractivity contribution in [2.75, 3.05) is 0 Å². The van der Waals surface area contributed by atoms with E-state index in [1.54, 1.807) is 60.9 Å². The lowest BCUT2D eigenvalue weighted by molar-refractivity contribution is 0.0947. The number of benzene rings is 2. The number of nitrogens with one attached hydrogen (secondary N) is 3. The van der Waals surface area contributed by atoms with Crippen molar-refractivity contribution in [3.63, 3.8) is 0 Å². The third-order valence-electron chi connectivity index (χ3n) is 6.16. The quantitative estimate of drug-likeness (QED) is 0.158. The molecule has 0 fully saturated rings. The van der Waals surface area contributed by atoms with Gasteiger partial charge in [0.1, 0.15) is 17.3 Å². The fourth-order valence-electron chi connectivity index (χ4n) is 4.23. The molecule has 0 aliphatic rings. The van der Waals surface area contributed by atoms with Crippen molar-refractivity contribution in [3.05, 3.63) is 96.5 Å². The summed E-state index contributed by atoms with van der Waals surface area (Å²) in [6.07, 6.45) is 4.05. The van der Waals surface area contributed by atoms with Crippen LogP contribution in [0.1, 0.15) is 16.1 Å². The number of aromatic amines is 1. The summed E-state index contributed by atoms with van der Waals surface area (Å²) in [7, 11) is 0. The molecule has 11 heteroatoms. The molecule has 0 saturated heterocycles. The van der Waals surface area contributed by atoms with E-state index in [4.69, 9.17) is 14.7 Å². The van der Waals surface area contributed by atoms with Crippen LogP contribution in [-0.4, -0.2) is 42.5 Å². The monoisotopic (exact) mass is 531 g/mol. The number of carbonyl (C=O) groups excluding carboxylic acids is 1. The summed E-state index contributed by atoms with van der Waals surface area (Å²) >= 11 is 0. The molecule has 0 atom stereocenters. The van der Waals surface area contributed by atoms with Gasteiger partial charge in [-0.15, -0.1) is 0 Å². The van der Waals surface area contributed by atoms with Crippen LogP contribution in [0.4, 0.5) is 0 Å². The number of nitrogens with zero attached hydrogens (tertiary/aromatic N) is 4. The third kappa shape index (κ3) is 4.86. The number of amides is 1. The van der Waals surface area contributed by atoms with E-state index < -0.39 is 0 Å². The molecular weight excluding hydrogens is 510 g/mol. The Hall–Kier alpha value is -5.84. The topological polar surface area (TPSA) is 163 Å². The lowest BCUT2D eigenvalue weighted by Gasteiger charge is -2.09. The predicted molar refractivity (Wildman–Crippen MR) is 147 cm³/mol. The number of H-pyrrole nitrogens is 1. The first-order chi connectivity index (χ1) is 19.6. The van der Waals surface area contributed by atoms with Gasteiger partial charge in [-0.25, -0.2) is 9.97 Å². The van der Waals surface area contributed by atoms with Gasteiger partial charge in [-0.1, -0.05) is 17.3 Å². The molecule has 0 radical (unpaired) electrons. The maximum absolute atomic E-state index is 12.9. The van der Waals surface area contributed by atoms with Crippen LogP contribution in [0.15, 0.2) is 89.7 Å². The number of fused-ring (bicyclic) bond motifs is 1. The Morgan fingerprint density at radius 1 is 1.00 bits per heavy atom. The number of phenolic OH excluding ortho intramolecular Hbond substituents is 1. The third-order valence-corrected chi connectivity index (χ3v) is 6.16. The molecule has 0 bridgehead atoms. The highest BCUT2D eigenvalue weighted by Gasteiger charge is 2.16. The number of imidazole rings is 1. The van der Waals surface area contributed by atoms with Crippen LogP contribution in [0, 0.1) is 5.41 Å². The first-order valence-corrected chi connectivity index (χ1v) is 12.2. The average Bonchev–Trinajstić information content (AvgIpc) is 3.64. The van der Waals surface area contributed by atoms with E-state index in [0.29, 0.717) is 50.7 Å². The van der Waals surface area contributed by atoms with Gasteiger partial charge in [0.15, 0.2) is 12.2 Å². The molecular formula is C29H21N7O4. The van der Waals surface area contributed by atoms with Gasteiger partial charge in [-0.2, -0.15) is 0 Å². The molecule has 40 heavy (non-hydrogen) atoms. The maximum atomic E-state index is 12.9. The lowest BCUT2D eigenvalue weighted by atomic mass is 10.0. The summed E-state index contributed by atoms with van der Waals surface area (Å²) in [5.74, 6) is 0.920. The van der Waals surface area contributed by atoms with E-state index in [9.17, 15) is 9.90 Å². The normalized spacial score (nSPS) is 10.9. The minimum Gasteiger partial charge on any atom is -0.507 e. The number of ether oxygens (including phenoxy) is 1. The van der Waals surface area contributed by atoms with Crippen molar-refractivity contribution in [1.82, 2.24) is 30.4 Å². The zero-order valence-electron chi connectivity index (χ0n) is 20.8. The van der Waals surface area contributed by atoms with Gasteiger partial charge >= 0.3 is 0 Å². The molecule has 6 rings (SSSR count). The van der Waals surface area contributed by atoms with E-state index in [-0.39, 0.29) is 24.1 Å². The van der Waals surface area contributed by atoms with Crippen LogP contribution in [0.3, 0.4) is 0 Å². The Kier molecular flexibility index (Phi) is 6.43. The van der Waals surface area contributed by atoms with Gasteiger partial charge in [0, 0.05) is 29.6 Å². The van der Waals surface area contributed by atoms with Gasteiger partial charge in [0.05, 0.1) is 28.8 Å². The van der Waals surface area contributed by atoms with E-state index in [0.717, 1.165) is 12.0 Å². The zero-order valence-corrected chi connectivity index (χ0v) is 20.8. The van der Waals surface area contributed by atoms with E-state index in [1.165, 1.54) is 0 Å². The van der Waals surface area contributed by atoms with Crippen LogP contribution in [0.2, 0.25) is 0 Å². The highest BCUT2D eigenvalue weighted by Crippen LogP contribution is 2.35. The maximum Gasteiger partial charge on any atom is 0.251 e. The predicted octanol–water partition coefficient (Wildman–Crippen LogP) is 4.96. The molecule has 0 aliphatic heterocycles. The number of phenols is 1. The van der Waals surface area contributed by atoms with Crippen LogP contribution in [0.5, 0.6) is 11.6 Å². The van der Waals surface area contributed by atoms with Gasteiger partial charge < -0.3 is 24.7 Å². The lowest BCUT2D eigenvalue weighted by Crippen LogP contribution is -2.22. The number of hydrogen-bond donors (Lipinski definition) is 4. The summed E-state index contributed by atoms with van der Waals surface area (Å²) < 4.78 is 10.5. The summed E-state index contributed by atoms with van der Waals surface area (Å²) in [6, 6.07) is 20.9. The highest BCUT2D eigenvalue weighted by molar-refractivity contribution is 5.97. The van der Waals surface area contributed by atoms with E-state index >= 15 is 0 Å². The molecule has 4 heterocycles. The second-order valence-electron chi connectivity index (χ2n) is 8.72. The largest absolute Gasteiger partial charge is 0.507 e. The molecule has 6 aromatic rings. The van der Waals surface area contributed by atoms with E-state index in [1.807, 2.05) is 24.3 Å². The van der Waals surface area contributed by atoms with Crippen molar-refractivity contribution >= 4 is 23.3 Å². The summed E-state index contributed by atoms with van der Waals surface area (Å²) in [5.41, 5.74) is 4.78. The Morgan fingerprint density at radius 3 is 2.75 bits per heavy atom. The number of pyridine rings is 2. The molecule has 0 aliphatic carbocycles. The Labute approximate surface area is 227 Å². The molecule has 2 aromatic carbocycles. The Morgan fingerprint density at radius 2 is 1.90 bits per heavy atom. The van der Waals surface area contributed by atoms with Crippen molar-refractivity contribution in [2.24, 2.45) is 0 Å². The number of rotatable bonds is 8. The molecule has 4 N–H and O–H groups in total. The molecule has 11 nitrogen and oxygen atoms in total. The minimum absolute atomic E-state index is 0.0244. The Balaban J connectivity index is 1.22. The van der Waals surface area contributed by atoms with Gasteiger partial charge in [0.25, 0.3) is 5.91 Å². The highest BCUT2D eigenvalue weighted by atomic mass is 16.5. The van der Waals surface area contributed by atoms with Gasteiger partial charge in [-0.3, -0.25) is 15.2 Å². The minimum atomic E-state index is -0.297. The molecule has 1 amide bonds. The van der Waals surface area contributed by atoms with Crippen molar-refractivity contribution in [1.29, 1.82) is 5.41 Å². The standard InChI is InChI=1S/C29H21N7O4/c30-16-39-29-20(4-3-11-32-29)17-7-9-26(37)21(12-17)27-34-23-8-6-18(13-24(23)35-27)28(38)33-15-19-14-25(36-40-19)22-5-1-2-10-31-22/h1-14,16,30,37H,15H2,(H,33,38)(H,34,35). The number of aromatic hydroxyl groups is 1. The SMILES string of the molecule is N=COc1ncccc1-c1ccc(O)c(-c2nc3ccc(C(=O)NCc4cc(-c5ccccn5)no4)cc3[nH]2)c1. The fourth-order valence-corrected chi connectivity index (χ4v) is 4.23. The summed E-state index contributed by atoms with van der Waals surface area (Å²) in [5, 5.41) is 24.7. The van der Waals surface area contributed by atoms with Crippen molar-refractivity contribution in [3.8, 4) is 45.5 Å². The van der Waals surface area contributed by atoms with Gasteiger partial charge in [0.2, 0.25) is 5.88 Å². The molecule has 4 aromatic heterocycles. The molecule has 0 unspecified atom stereocenters. The van der Waals surface area contributed by atoms with Crippen LogP contribution in [-0.2, 0) is 6.54 Å². The second-order valence-corrected chi connectivity index (χ2v) is 8.72. The number of carbonyl (C=O) groups is 1. The summed E-state index contributed by atoms with van der Waals surface area (Å²) in [4.78, 5) is 29.1. The van der Waals surface area contributed by atoms with Crippen LogP contribution < -0.4 is 10.1 Å². The van der Waals surface area contributed by atoms with Crippen LogP contribution in [0.25, 0.3) is 44.9 Å². The van der Waals surface area contributed by atoms with Crippen LogP contribution >= 0.6 is 0 Å². The average molecular weight is 532 g/mol. The second kappa shape index (κ2) is 10.5. The first-order valence-electron chi connectivity index (χ1n) is 12.2.